The summed E-state index contributed by atoms with van der Waals surface area (Å²) >= 11 is 1.59. The first-order valence-corrected chi connectivity index (χ1v) is 7.63. The Bertz CT molecular complexity index is 525. The van der Waals surface area contributed by atoms with Crippen molar-refractivity contribution in [2.24, 2.45) is 0 Å². The molecule has 0 bridgehead atoms. The van der Waals surface area contributed by atoms with E-state index >= 15 is 0 Å². The molecule has 1 unspecified atom stereocenters. The smallest absolute Gasteiger partial charge is 0.123 e. The largest absolute Gasteiger partial charge is 0.309 e. The zero-order valence-electron chi connectivity index (χ0n) is 11.8. The summed E-state index contributed by atoms with van der Waals surface area (Å²) in [6, 6.07) is 10.9. The van der Waals surface area contributed by atoms with Crippen LogP contribution >= 0.6 is 11.8 Å². The van der Waals surface area contributed by atoms with Crippen LogP contribution in [0.5, 0.6) is 0 Å². The van der Waals surface area contributed by atoms with Crippen molar-refractivity contribution in [3.63, 3.8) is 0 Å². The molecular formula is C16H19FN2S. The Morgan fingerprint density at radius 3 is 2.45 bits per heavy atom. The maximum atomic E-state index is 12.8. The monoisotopic (exact) mass is 290 g/mol. The Kier molecular flexibility index (Phi) is 5.56. The Morgan fingerprint density at radius 2 is 1.85 bits per heavy atom. The highest BCUT2D eigenvalue weighted by Crippen LogP contribution is 2.27. The van der Waals surface area contributed by atoms with E-state index in [0.717, 1.165) is 28.5 Å². The maximum Gasteiger partial charge on any atom is 0.123 e. The molecule has 4 heteroatoms. The van der Waals surface area contributed by atoms with E-state index in [1.165, 1.54) is 12.1 Å². The molecule has 0 aliphatic carbocycles. The predicted molar refractivity (Wildman–Crippen MR) is 81.5 cm³/mol. The van der Waals surface area contributed by atoms with Gasteiger partial charge in [0.25, 0.3) is 0 Å². The molecule has 0 amide bonds. The van der Waals surface area contributed by atoms with Crippen LogP contribution in [0.3, 0.4) is 0 Å². The van der Waals surface area contributed by atoms with Crippen LogP contribution in [0.15, 0.2) is 52.4 Å². The predicted octanol–water partition coefficient (Wildman–Crippen LogP) is 4.43. The van der Waals surface area contributed by atoms with Crippen LogP contribution in [0.2, 0.25) is 0 Å². The molecule has 0 spiro atoms. The number of nitrogens with zero attached hydrogens (tertiary/aromatic N) is 1. The third-order valence-corrected chi connectivity index (χ3v) is 3.94. The molecule has 1 heterocycles. The summed E-state index contributed by atoms with van der Waals surface area (Å²) in [6.45, 7) is 5.26. The molecular weight excluding hydrogens is 271 g/mol. The molecule has 1 aromatic carbocycles. The van der Waals surface area contributed by atoms with Gasteiger partial charge in [-0.15, -0.1) is 0 Å². The van der Waals surface area contributed by atoms with Gasteiger partial charge in [-0.05, 0) is 56.3 Å². The van der Waals surface area contributed by atoms with Gasteiger partial charge in [0.15, 0.2) is 0 Å². The Balaban J connectivity index is 1.99. The molecule has 1 atom stereocenters. The van der Waals surface area contributed by atoms with Crippen LogP contribution in [0.25, 0.3) is 0 Å². The summed E-state index contributed by atoms with van der Waals surface area (Å²) < 4.78 is 12.8. The molecule has 2 rings (SSSR count). The summed E-state index contributed by atoms with van der Waals surface area (Å²) in [5, 5.41) is 3.41. The number of aromatic nitrogens is 1. The summed E-state index contributed by atoms with van der Waals surface area (Å²) in [4.78, 5) is 6.56. The zero-order chi connectivity index (χ0) is 14.4. The van der Waals surface area contributed by atoms with Crippen LogP contribution in [-0.4, -0.2) is 11.5 Å². The van der Waals surface area contributed by atoms with Gasteiger partial charge < -0.3 is 5.32 Å². The minimum atomic E-state index is -0.210. The van der Waals surface area contributed by atoms with Gasteiger partial charge in [-0.25, -0.2) is 4.39 Å². The van der Waals surface area contributed by atoms with Gasteiger partial charge >= 0.3 is 0 Å². The number of hydrogen-bond acceptors (Lipinski definition) is 3. The molecule has 0 fully saturated rings. The fourth-order valence-electron chi connectivity index (χ4n) is 1.81. The van der Waals surface area contributed by atoms with Gasteiger partial charge in [-0.3, -0.25) is 4.98 Å². The van der Waals surface area contributed by atoms with E-state index in [2.05, 4.69) is 30.2 Å². The molecule has 0 saturated heterocycles. The van der Waals surface area contributed by atoms with Crippen molar-refractivity contribution >= 4 is 11.8 Å². The molecule has 2 nitrogen and oxygen atoms in total. The summed E-state index contributed by atoms with van der Waals surface area (Å²) in [6.07, 6.45) is 2.98. The van der Waals surface area contributed by atoms with Crippen molar-refractivity contribution in [2.45, 2.75) is 36.1 Å². The van der Waals surface area contributed by atoms with Crippen molar-refractivity contribution in [1.29, 1.82) is 0 Å². The minimum absolute atomic E-state index is 0.210. The summed E-state index contributed by atoms with van der Waals surface area (Å²) in [5.41, 5.74) is 1.04. The van der Waals surface area contributed by atoms with Crippen LogP contribution < -0.4 is 5.32 Å². The van der Waals surface area contributed by atoms with Crippen LogP contribution in [0.1, 0.15) is 32.0 Å². The molecule has 0 radical (unpaired) electrons. The normalized spacial score (nSPS) is 12.3. The first kappa shape index (κ1) is 15.0. The van der Waals surface area contributed by atoms with Gasteiger partial charge in [-0.1, -0.05) is 18.7 Å². The van der Waals surface area contributed by atoms with E-state index in [0.29, 0.717) is 0 Å². The van der Waals surface area contributed by atoms with E-state index in [1.54, 1.807) is 23.9 Å². The van der Waals surface area contributed by atoms with E-state index < -0.39 is 0 Å². The van der Waals surface area contributed by atoms with Crippen LogP contribution in [0.4, 0.5) is 4.39 Å². The Hall–Kier alpha value is -1.39. The average molecular weight is 290 g/mol. The van der Waals surface area contributed by atoms with Crippen molar-refractivity contribution in [3.8, 4) is 0 Å². The SMILES string of the molecule is CCCNC(C)c1ccc(Sc2ccc(F)cc2)cn1. The fraction of sp³-hybridized carbons (Fsp3) is 0.312. The highest BCUT2D eigenvalue weighted by Gasteiger charge is 2.06. The molecule has 0 aliphatic rings. The number of benzene rings is 1. The van der Waals surface area contributed by atoms with Gasteiger partial charge in [-0.2, -0.15) is 0 Å². The van der Waals surface area contributed by atoms with Gasteiger partial charge in [0, 0.05) is 22.0 Å². The van der Waals surface area contributed by atoms with Crippen molar-refractivity contribution in [3.05, 3.63) is 54.1 Å². The lowest BCUT2D eigenvalue weighted by molar-refractivity contribution is 0.558. The second kappa shape index (κ2) is 7.41. The molecule has 0 aliphatic heterocycles. The first-order valence-electron chi connectivity index (χ1n) is 6.82. The lowest BCUT2D eigenvalue weighted by Gasteiger charge is -2.12. The van der Waals surface area contributed by atoms with Crippen LogP contribution in [0, 0.1) is 5.82 Å². The van der Waals surface area contributed by atoms with E-state index in [1.807, 2.05) is 12.3 Å². The fourth-order valence-corrected chi connectivity index (χ4v) is 2.60. The van der Waals surface area contributed by atoms with Gasteiger partial charge in [0.2, 0.25) is 0 Å². The molecule has 1 N–H and O–H groups in total. The molecule has 20 heavy (non-hydrogen) atoms. The number of rotatable bonds is 6. The van der Waals surface area contributed by atoms with Crippen molar-refractivity contribution in [2.75, 3.05) is 6.54 Å². The molecule has 0 saturated carbocycles. The lowest BCUT2D eigenvalue weighted by Crippen LogP contribution is -2.20. The number of halogens is 1. The highest BCUT2D eigenvalue weighted by molar-refractivity contribution is 7.99. The third kappa shape index (κ3) is 4.32. The number of nitrogens with one attached hydrogen (secondary N) is 1. The second-order valence-electron chi connectivity index (χ2n) is 4.65. The zero-order valence-corrected chi connectivity index (χ0v) is 12.6. The highest BCUT2D eigenvalue weighted by atomic mass is 32.2. The topological polar surface area (TPSA) is 24.9 Å². The van der Waals surface area contributed by atoms with E-state index in [9.17, 15) is 4.39 Å². The lowest BCUT2D eigenvalue weighted by atomic mass is 10.2. The number of pyridine rings is 1. The van der Waals surface area contributed by atoms with Gasteiger partial charge in [0.1, 0.15) is 5.82 Å². The van der Waals surface area contributed by atoms with Crippen molar-refractivity contribution < 1.29 is 4.39 Å². The molecule has 2 aromatic rings. The van der Waals surface area contributed by atoms with Crippen molar-refractivity contribution in [1.82, 2.24) is 10.3 Å². The first-order chi connectivity index (χ1) is 9.69. The second-order valence-corrected chi connectivity index (χ2v) is 5.80. The quantitative estimate of drug-likeness (QED) is 0.851. The molecule has 1 aromatic heterocycles. The Labute approximate surface area is 123 Å². The average Bonchev–Trinajstić information content (AvgIpc) is 2.48. The molecule has 106 valence electrons. The summed E-state index contributed by atoms with van der Waals surface area (Å²) in [5.74, 6) is -0.210. The summed E-state index contributed by atoms with van der Waals surface area (Å²) in [7, 11) is 0. The number of hydrogen-bond donors (Lipinski definition) is 1. The maximum absolute atomic E-state index is 12.8. The van der Waals surface area contributed by atoms with Gasteiger partial charge in [0.05, 0.1) is 5.69 Å². The third-order valence-electron chi connectivity index (χ3n) is 2.95. The minimum Gasteiger partial charge on any atom is -0.309 e. The Morgan fingerprint density at radius 1 is 1.15 bits per heavy atom. The van der Waals surface area contributed by atoms with Crippen LogP contribution in [-0.2, 0) is 0 Å². The van der Waals surface area contributed by atoms with E-state index in [4.69, 9.17) is 0 Å². The standard InChI is InChI=1S/C16H19FN2S/c1-3-10-18-12(2)16-9-8-15(11-19-16)20-14-6-4-13(17)5-7-14/h4-9,11-12,18H,3,10H2,1-2H3. The van der Waals surface area contributed by atoms with E-state index in [-0.39, 0.29) is 11.9 Å².